The van der Waals surface area contributed by atoms with E-state index in [9.17, 15) is 9.59 Å². The Balaban J connectivity index is 1.49. The molecular formula is C17H17ClN2O2S. The Morgan fingerprint density at radius 1 is 1.04 bits per heavy atom. The molecule has 2 amide bonds. The number of carbonyl (C=O) groups is 2. The molecule has 1 aliphatic carbocycles. The SMILES string of the molecule is O=C(NCCNC(=O)C1CC1)c1ccc(-c2ccc(Cl)cc2)s1. The first-order valence-electron chi connectivity index (χ1n) is 7.55. The molecule has 23 heavy (non-hydrogen) atoms. The van der Waals surface area contributed by atoms with Crippen molar-refractivity contribution in [1.82, 2.24) is 10.6 Å². The Morgan fingerprint density at radius 2 is 1.74 bits per heavy atom. The molecule has 1 fully saturated rings. The van der Waals surface area contributed by atoms with Crippen LogP contribution in [0.25, 0.3) is 10.4 Å². The average molecular weight is 349 g/mol. The molecule has 0 saturated heterocycles. The van der Waals surface area contributed by atoms with Gasteiger partial charge in [0.1, 0.15) is 0 Å². The van der Waals surface area contributed by atoms with Crippen LogP contribution in [0.15, 0.2) is 36.4 Å². The molecule has 0 radical (unpaired) electrons. The third kappa shape index (κ3) is 4.33. The van der Waals surface area contributed by atoms with Gasteiger partial charge in [-0.05, 0) is 42.7 Å². The molecule has 1 aromatic carbocycles. The van der Waals surface area contributed by atoms with E-state index in [1.165, 1.54) is 11.3 Å². The minimum atomic E-state index is -0.115. The fourth-order valence-corrected chi connectivity index (χ4v) is 3.22. The van der Waals surface area contributed by atoms with Gasteiger partial charge in [0.15, 0.2) is 0 Å². The lowest BCUT2D eigenvalue weighted by molar-refractivity contribution is -0.122. The van der Waals surface area contributed by atoms with E-state index in [-0.39, 0.29) is 17.7 Å². The zero-order valence-corrected chi connectivity index (χ0v) is 14.0. The summed E-state index contributed by atoms with van der Waals surface area (Å²) in [5.41, 5.74) is 1.04. The lowest BCUT2D eigenvalue weighted by Gasteiger charge is -2.05. The smallest absolute Gasteiger partial charge is 0.261 e. The van der Waals surface area contributed by atoms with E-state index >= 15 is 0 Å². The summed E-state index contributed by atoms with van der Waals surface area (Å²) in [5, 5.41) is 6.34. The Morgan fingerprint density at radius 3 is 2.43 bits per heavy atom. The zero-order valence-electron chi connectivity index (χ0n) is 12.5. The van der Waals surface area contributed by atoms with Crippen molar-refractivity contribution in [2.45, 2.75) is 12.8 Å². The van der Waals surface area contributed by atoms with Gasteiger partial charge in [-0.25, -0.2) is 0 Å². The van der Waals surface area contributed by atoms with Crippen molar-refractivity contribution < 1.29 is 9.59 Å². The molecule has 0 bridgehead atoms. The van der Waals surface area contributed by atoms with Gasteiger partial charge in [-0.15, -0.1) is 11.3 Å². The monoisotopic (exact) mass is 348 g/mol. The minimum absolute atomic E-state index is 0.0976. The maximum Gasteiger partial charge on any atom is 0.261 e. The second-order valence-electron chi connectivity index (χ2n) is 5.49. The zero-order chi connectivity index (χ0) is 16.2. The highest BCUT2D eigenvalue weighted by atomic mass is 35.5. The number of amides is 2. The predicted molar refractivity (Wildman–Crippen MR) is 92.8 cm³/mol. The third-order valence-electron chi connectivity index (χ3n) is 3.62. The molecule has 120 valence electrons. The number of rotatable bonds is 6. The van der Waals surface area contributed by atoms with Crippen LogP contribution in [0.1, 0.15) is 22.5 Å². The summed E-state index contributed by atoms with van der Waals surface area (Å²) >= 11 is 7.32. The van der Waals surface area contributed by atoms with Crippen molar-refractivity contribution in [3.63, 3.8) is 0 Å². The van der Waals surface area contributed by atoms with Gasteiger partial charge < -0.3 is 10.6 Å². The second-order valence-corrected chi connectivity index (χ2v) is 7.01. The van der Waals surface area contributed by atoms with Gasteiger partial charge in [-0.2, -0.15) is 0 Å². The molecule has 1 aromatic heterocycles. The number of hydrogen-bond acceptors (Lipinski definition) is 3. The molecule has 2 N–H and O–H groups in total. The van der Waals surface area contributed by atoms with Gasteiger partial charge in [0, 0.05) is 28.9 Å². The number of halogens is 1. The molecule has 0 aliphatic heterocycles. The van der Waals surface area contributed by atoms with E-state index < -0.39 is 0 Å². The van der Waals surface area contributed by atoms with Crippen LogP contribution in [-0.2, 0) is 4.79 Å². The average Bonchev–Trinajstić information content (AvgIpc) is 3.29. The molecular weight excluding hydrogens is 332 g/mol. The van der Waals surface area contributed by atoms with Crippen LogP contribution < -0.4 is 10.6 Å². The summed E-state index contributed by atoms with van der Waals surface area (Å²) < 4.78 is 0. The summed E-state index contributed by atoms with van der Waals surface area (Å²) in [6.07, 6.45) is 1.97. The highest BCUT2D eigenvalue weighted by Gasteiger charge is 2.28. The van der Waals surface area contributed by atoms with E-state index in [2.05, 4.69) is 10.6 Å². The van der Waals surface area contributed by atoms with Crippen molar-refractivity contribution in [2.75, 3.05) is 13.1 Å². The quantitative estimate of drug-likeness (QED) is 0.787. The van der Waals surface area contributed by atoms with Crippen molar-refractivity contribution in [3.8, 4) is 10.4 Å². The van der Waals surface area contributed by atoms with Crippen molar-refractivity contribution >= 4 is 34.8 Å². The molecule has 1 aliphatic rings. The van der Waals surface area contributed by atoms with Crippen molar-refractivity contribution in [1.29, 1.82) is 0 Å². The van der Waals surface area contributed by atoms with Crippen LogP contribution in [0.5, 0.6) is 0 Å². The fourth-order valence-electron chi connectivity index (χ4n) is 2.17. The second kappa shape index (κ2) is 7.15. The lowest BCUT2D eigenvalue weighted by Crippen LogP contribution is -2.35. The number of hydrogen-bond donors (Lipinski definition) is 2. The van der Waals surface area contributed by atoms with Gasteiger partial charge in [-0.1, -0.05) is 23.7 Å². The van der Waals surface area contributed by atoms with Gasteiger partial charge >= 0.3 is 0 Å². The van der Waals surface area contributed by atoms with Gasteiger partial charge in [0.25, 0.3) is 5.91 Å². The van der Waals surface area contributed by atoms with Crippen LogP contribution in [0.4, 0.5) is 0 Å². The maximum absolute atomic E-state index is 12.1. The van der Waals surface area contributed by atoms with Crippen LogP contribution in [-0.4, -0.2) is 24.9 Å². The minimum Gasteiger partial charge on any atom is -0.354 e. The normalized spacial score (nSPS) is 13.6. The van der Waals surface area contributed by atoms with E-state index in [4.69, 9.17) is 11.6 Å². The van der Waals surface area contributed by atoms with Gasteiger partial charge in [0.2, 0.25) is 5.91 Å². The molecule has 1 saturated carbocycles. The number of nitrogens with one attached hydrogen (secondary N) is 2. The maximum atomic E-state index is 12.1. The van der Waals surface area contributed by atoms with E-state index in [0.717, 1.165) is 23.3 Å². The van der Waals surface area contributed by atoms with E-state index in [1.807, 2.05) is 36.4 Å². The fraction of sp³-hybridized carbons (Fsp3) is 0.294. The first kappa shape index (κ1) is 16.0. The summed E-state index contributed by atoms with van der Waals surface area (Å²) in [6, 6.07) is 11.3. The first-order valence-corrected chi connectivity index (χ1v) is 8.74. The standard InChI is InChI=1S/C17H17ClN2O2S/c18-13-5-3-11(4-6-13)14-7-8-15(23-14)17(22)20-10-9-19-16(21)12-1-2-12/h3-8,12H,1-2,9-10H2,(H,19,21)(H,20,22). The first-order chi connectivity index (χ1) is 11.1. The molecule has 1 heterocycles. The van der Waals surface area contributed by atoms with Crippen LogP contribution in [0.3, 0.4) is 0 Å². The summed E-state index contributed by atoms with van der Waals surface area (Å²) in [5.74, 6) is 0.182. The van der Waals surface area contributed by atoms with E-state index in [0.29, 0.717) is 23.0 Å². The molecule has 2 aromatic rings. The number of benzene rings is 1. The molecule has 4 nitrogen and oxygen atoms in total. The van der Waals surface area contributed by atoms with Gasteiger partial charge in [-0.3, -0.25) is 9.59 Å². The Bertz CT molecular complexity index is 708. The van der Waals surface area contributed by atoms with Crippen LogP contribution in [0.2, 0.25) is 5.02 Å². The third-order valence-corrected chi connectivity index (χ3v) is 5.00. The topological polar surface area (TPSA) is 58.2 Å². The van der Waals surface area contributed by atoms with Crippen molar-refractivity contribution in [3.05, 3.63) is 46.3 Å². The van der Waals surface area contributed by atoms with Crippen LogP contribution >= 0.6 is 22.9 Å². The summed E-state index contributed by atoms with van der Waals surface area (Å²) in [7, 11) is 0. The summed E-state index contributed by atoms with van der Waals surface area (Å²) in [6.45, 7) is 0.905. The molecule has 6 heteroatoms. The Labute approximate surface area is 143 Å². The van der Waals surface area contributed by atoms with Crippen molar-refractivity contribution in [2.24, 2.45) is 5.92 Å². The highest BCUT2D eigenvalue weighted by Crippen LogP contribution is 2.29. The van der Waals surface area contributed by atoms with Crippen LogP contribution in [0, 0.1) is 5.92 Å². The largest absolute Gasteiger partial charge is 0.354 e. The van der Waals surface area contributed by atoms with Gasteiger partial charge in [0.05, 0.1) is 4.88 Å². The van der Waals surface area contributed by atoms with E-state index in [1.54, 1.807) is 0 Å². The number of thiophene rings is 1. The lowest BCUT2D eigenvalue weighted by atomic mass is 10.2. The highest BCUT2D eigenvalue weighted by molar-refractivity contribution is 7.17. The Hall–Kier alpha value is -1.85. The predicted octanol–water partition coefficient (Wildman–Crippen LogP) is 3.32. The molecule has 0 unspecified atom stereocenters. The molecule has 0 spiro atoms. The Kier molecular flexibility index (Phi) is 4.98. The molecule has 3 rings (SSSR count). The summed E-state index contributed by atoms with van der Waals surface area (Å²) in [4.78, 5) is 25.3. The molecule has 0 atom stereocenters. The number of carbonyl (C=O) groups excluding carboxylic acids is 2.